The summed E-state index contributed by atoms with van der Waals surface area (Å²) in [5, 5.41) is 31.0. The molecule has 0 heterocycles. The van der Waals surface area contributed by atoms with Gasteiger partial charge in [0.1, 0.15) is 5.54 Å². The minimum Gasteiger partial charge on any atom is -0.481 e. The molecule has 7 atom stereocenters. The predicted molar refractivity (Wildman–Crippen MR) is 74.7 cm³/mol. The maximum absolute atomic E-state index is 12.2. The summed E-state index contributed by atoms with van der Waals surface area (Å²) in [4.78, 5) is 35.1. The van der Waals surface area contributed by atoms with Crippen molar-refractivity contribution in [1.29, 1.82) is 0 Å². The molecule has 0 aromatic carbocycles. The van der Waals surface area contributed by atoms with E-state index in [1.807, 2.05) is 6.92 Å². The van der Waals surface area contributed by atoms with E-state index in [0.29, 0.717) is 6.42 Å². The fourth-order valence-corrected chi connectivity index (χ4v) is 3.60. The monoisotopic (exact) mass is 314 g/mol. The van der Waals surface area contributed by atoms with Gasteiger partial charge in [-0.05, 0) is 5.92 Å². The zero-order valence-corrected chi connectivity index (χ0v) is 12.5. The Hall–Kier alpha value is -1.67. The second-order valence-corrected chi connectivity index (χ2v) is 6.42. The number of nitrogens with two attached hydrogens (primary N) is 1. The second-order valence-electron chi connectivity index (χ2n) is 6.42. The lowest BCUT2D eigenvalue weighted by atomic mass is 9.88. The van der Waals surface area contributed by atoms with Crippen LogP contribution in [0.15, 0.2) is 0 Å². The maximum Gasteiger partial charge on any atom is 0.329 e. The highest BCUT2D eigenvalue weighted by molar-refractivity contribution is 5.92. The van der Waals surface area contributed by atoms with E-state index in [4.69, 9.17) is 10.8 Å². The van der Waals surface area contributed by atoms with Crippen LogP contribution in [0.3, 0.4) is 0 Å². The summed E-state index contributed by atoms with van der Waals surface area (Å²) in [6.07, 6.45) is -0.594. The van der Waals surface area contributed by atoms with Gasteiger partial charge in [0, 0.05) is 18.3 Å². The van der Waals surface area contributed by atoms with E-state index in [1.54, 1.807) is 6.92 Å². The average molecular weight is 314 g/mol. The molecule has 2 fully saturated rings. The highest BCUT2D eigenvalue weighted by Crippen LogP contribution is 2.62. The number of hydrogen-bond acceptors (Lipinski definition) is 5. The Morgan fingerprint density at radius 2 is 1.95 bits per heavy atom. The molecule has 0 bridgehead atoms. The first-order valence-electron chi connectivity index (χ1n) is 7.39. The number of rotatable bonds is 6. The molecular formula is C14H22N2O6. The fourth-order valence-electron chi connectivity index (χ4n) is 3.60. The number of hydrogen-bond donors (Lipinski definition) is 5. The van der Waals surface area contributed by atoms with Crippen LogP contribution in [0.5, 0.6) is 0 Å². The molecule has 6 N–H and O–H groups in total. The first kappa shape index (κ1) is 16.7. The van der Waals surface area contributed by atoms with Crippen molar-refractivity contribution in [3.8, 4) is 0 Å². The summed E-state index contributed by atoms with van der Waals surface area (Å²) < 4.78 is 0. The predicted octanol–water partition coefficient (Wildman–Crippen LogP) is -0.989. The van der Waals surface area contributed by atoms with Gasteiger partial charge in [-0.25, -0.2) is 4.79 Å². The molecule has 0 aromatic rings. The number of carboxylic acid groups (broad SMARTS) is 2. The summed E-state index contributed by atoms with van der Waals surface area (Å²) >= 11 is 0. The number of aliphatic carboxylic acids is 2. The summed E-state index contributed by atoms with van der Waals surface area (Å²) in [6, 6.07) is -0.876. The third kappa shape index (κ3) is 2.36. The minimum absolute atomic E-state index is 0.137. The van der Waals surface area contributed by atoms with Crippen LogP contribution in [0.25, 0.3) is 0 Å². The number of aliphatic hydroxyl groups excluding tert-OH is 1. The van der Waals surface area contributed by atoms with Crippen molar-refractivity contribution in [2.75, 3.05) is 0 Å². The molecule has 124 valence electrons. The lowest BCUT2D eigenvalue weighted by molar-refractivity contribution is -0.151. The van der Waals surface area contributed by atoms with Crippen molar-refractivity contribution >= 4 is 17.8 Å². The van der Waals surface area contributed by atoms with Crippen LogP contribution in [0, 0.1) is 23.7 Å². The largest absolute Gasteiger partial charge is 0.481 e. The van der Waals surface area contributed by atoms with Crippen molar-refractivity contribution in [2.24, 2.45) is 29.4 Å². The smallest absolute Gasteiger partial charge is 0.329 e. The van der Waals surface area contributed by atoms with E-state index in [1.165, 1.54) is 0 Å². The maximum atomic E-state index is 12.2. The molecular weight excluding hydrogens is 292 g/mol. The quantitative estimate of drug-likeness (QED) is 0.422. The molecule has 2 rings (SSSR count). The lowest BCUT2D eigenvalue weighted by Gasteiger charge is -2.31. The van der Waals surface area contributed by atoms with Crippen molar-refractivity contribution in [3.63, 3.8) is 0 Å². The first-order chi connectivity index (χ1) is 10.2. The number of nitrogens with one attached hydrogen (secondary N) is 1. The Morgan fingerprint density at radius 1 is 1.36 bits per heavy atom. The van der Waals surface area contributed by atoms with Crippen LogP contribution >= 0.6 is 0 Å². The van der Waals surface area contributed by atoms with Gasteiger partial charge in [0.25, 0.3) is 0 Å². The lowest BCUT2D eigenvalue weighted by Crippen LogP contribution is -2.60. The zero-order valence-electron chi connectivity index (χ0n) is 12.5. The molecule has 2 saturated carbocycles. The molecule has 0 saturated heterocycles. The fraction of sp³-hybridized carbons (Fsp3) is 0.786. The number of carbonyl (C=O) groups is 3. The van der Waals surface area contributed by atoms with Crippen LogP contribution in [0.4, 0.5) is 0 Å². The molecule has 8 nitrogen and oxygen atoms in total. The van der Waals surface area contributed by atoms with Gasteiger partial charge in [-0.15, -0.1) is 0 Å². The van der Waals surface area contributed by atoms with E-state index in [9.17, 15) is 24.6 Å². The Bertz CT molecular complexity index is 510. The molecule has 22 heavy (non-hydrogen) atoms. The molecule has 1 unspecified atom stereocenters. The Kier molecular flexibility index (Phi) is 4.18. The number of fused-ring (bicyclic) bond motifs is 1. The van der Waals surface area contributed by atoms with Crippen molar-refractivity contribution in [1.82, 2.24) is 5.32 Å². The van der Waals surface area contributed by atoms with E-state index in [2.05, 4.69) is 5.32 Å². The summed E-state index contributed by atoms with van der Waals surface area (Å²) in [5.74, 6) is -5.62. The third-order valence-electron chi connectivity index (χ3n) is 5.19. The van der Waals surface area contributed by atoms with Gasteiger partial charge in [0.05, 0.1) is 18.1 Å². The molecule has 0 radical (unpaired) electrons. The van der Waals surface area contributed by atoms with E-state index >= 15 is 0 Å². The summed E-state index contributed by atoms with van der Waals surface area (Å²) in [6.45, 7) is 3.64. The molecule has 8 heteroatoms. The Labute approximate surface area is 127 Å². The van der Waals surface area contributed by atoms with Gasteiger partial charge in [-0.1, -0.05) is 20.3 Å². The highest BCUT2D eigenvalue weighted by Gasteiger charge is 2.75. The number of amides is 1. The average Bonchev–Trinajstić information content (AvgIpc) is 3.14. The number of carboxylic acids is 2. The minimum atomic E-state index is -1.75. The SMILES string of the molecule is CCC(C)[C@H](N)C(=O)N[C@@]1(C(=O)O)C[C@H](O)[C@H]2[C@H](C(=O)O)[C@H]21. The van der Waals surface area contributed by atoms with Crippen molar-refractivity contribution in [3.05, 3.63) is 0 Å². The van der Waals surface area contributed by atoms with E-state index in [0.717, 1.165) is 0 Å². The second kappa shape index (κ2) is 5.51. The van der Waals surface area contributed by atoms with Gasteiger partial charge < -0.3 is 26.4 Å². The molecule has 0 spiro atoms. The van der Waals surface area contributed by atoms with Crippen molar-refractivity contribution in [2.45, 2.75) is 44.4 Å². The van der Waals surface area contributed by atoms with Gasteiger partial charge in [-0.2, -0.15) is 0 Å². The summed E-state index contributed by atoms with van der Waals surface area (Å²) in [5.41, 5.74) is 4.06. The zero-order chi connectivity index (χ0) is 16.8. The van der Waals surface area contributed by atoms with Crippen LogP contribution < -0.4 is 11.1 Å². The van der Waals surface area contributed by atoms with Gasteiger partial charge >= 0.3 is 11.9 Å². The summed E-state index contributed by atoms with van der Waals surface area (Å²) in [7, 11) is 0. The molecule has 0 aliphatic heterocycles. The normalized spacial score (nSPS) is 38.7. The van der Waals surface area contributed by atoms with Gasteiger partial charge in [-0.3, -0.25) is 9.59 Å². The third-order valence-corrected chi connectivity index (χ3v) is 5.19. The van der Waals surface area contributed by atoms with Gasteiger partial charge in [0.2, 0.25) is 5.91 Å². The van der Waals surface area contributed by atoms with Crippen LogP contribution in [-0.2, 0) is 14.4 Å². The number of aliphatic hydroxyl groups is 1. The van der Waals surface area contributed by atoms with E-state index in [-0.39, 0.29) is 12.3 Å². The van der Waals surface area contributed by atoms with Crippen LogP contribution in [-0.4, -0.2) is 50.9 Å². The van der Waals surface area contributed by atoms with E-state index < -0.39 is 53.3 Å². The molecule has 0 aromatic heterocycles. The van der Waals surface area contributed by atoms with Gasteiger partial charge in [0.15, 0.2) is 0 Å². The molecule has 1 amide bonds. The first-order valence-corrected chi connectivity index (χ1v) is 7.39. The Balaban J connectivity index is 2.23. The van der Waals surface area contributed by atoms with Crippen molar-refractivity contribution < 1.29 is 29.7 Å². The van der Waals surface area contributed by atoms with Crippen LogP contribution in [0.2, 0.25) is 0 Å². The Morgan fingerprint density at radius 3 is 2.36 bits per heavy atom. The van der Waals surface area contributed by atoms with Crippen LogP contribution in [0.1, 0.15) is 26.7 Å². The standard InChI is InChI=1S/C14H22N2O6/c1-3-5(2)10(15)11(18)16-14(13(21)22)4-6(17)7-8(9(7)14)12(19)20/h5-10,17H,3-4,15H2,1-2H3,(H,16,18)(H,19,20)(H,21,22)/t5?,6-,7-,8-,9-,10-,14-/m0/s1. The number of carbonyl (C=O) groups excluding carboxylic acids is 1. The molecule has 2 aliphatic rings. The highest BCUT2D eigenvalue weighted by atomic mass is 16.4. The molecule has 2 aliphatic carbocycles. The topological polar surface area (TPSA) is 150 Å².